The summed E-state index contributed by atoms with van der Waals surface area (Å²) >= 11 is 1.64. The number of hydrogen-bond donors (Lipinski definition) is 1. The van der Waals surface area contributed by atoms with Crippen LogP contribution in [0.25, 0.3) is 22.0 Å². The third-order valence-electron chi connectivity index (χ3n) is 4.37. The molecule has 0 radical (unpaired) electrons. The van der Waals surface area contributed by atoms with Gasteiger partial charge in [0.25, 0.3) is 5.91 Å². The third-order valence-corrected chi connectivity index (χ3v) is 5.30. The molecule has 27 heavy (non-hydrogen) atoms. The van der Waals surface area contributed by atoms with Crippen LogP contribution in [0.2, 0.25) is 0 Å². The number of pyridine rings is 1. The summed E-state index contributed by atoms with van der Waals surface area (Å²) in [4.78, 5) is 17.9. The summed E-state index contributed by atoms with van der Waals surface area (Å²) in [5.41, 5.74) is 3.80. The van der Waals surface area contributed by atoms with E-state index in [1.54, 1.807) is 24.6 Å². The molecule has 0 bridgehead atoms. The van der Waals surface area contributed by atoms with Gasteiger partial charge in [0.15, 0.2) is 0 Å². The quantitative estimate of drug-likeness (QED) is 0.540. The molecule has 2 aromatic heterocycles. The van der Waals surface area contributed by atoms with Crippen LogP contribution >= 0.6 is 11.3 Å². The first-order chi connectivity index (χ1) is 13.2. The van der Waals surface area contributed by atoms with Crippen LogP contribution in [0.5, 0.6) is 5.75 Å². The number of nitrogens with zero attached hydrogens (tertiary/aromatic N) is 1. The number of nitrogens with one attached hydrogen (secondary N) is 1. The van der Waals surface area contributed by atoms with E-state index in [0.29, 0.717) is 12.1 Å². The van der Waals surface area contributed by atoms with Gasteiger partial charge < -0.3 is 10.1 Å². The van der Waals surface area contributed by atoms with E-state index in [2.05, 4.69) is 21.7 Å². The van der Waals surface area contributed by atoms with Gasteiger partial charge in [0, 0.05) is 22.0 Å². The van der Waals surface area contributed by atoms with Gasteiger partial charge in [0.1, 0.15) is 5.75 Å². The zero-order valence-corrected chi connectivity index (χ0v) is 15.6. The molecule has 1 N–H and O–H groups in total. The van der Waals surface area contributed by atoms with Gasteiger partial charge in [-0.25, -0.2) is 0 Å². The van der Waals surface area contributed by atoms with Crippen molar-refractivity contribution in [2.24, 2.45) is 0 Å². The highest BCUT2D eigenvalue weighted by molar-refractivity contribution is 7.10. The zero-order valence-electron chi connectivity index (χ0n) is 14.8. The molecule has 0 spiro atoms. The molecule has 0 aliphatic carbocycles. The second kappa shape index (κ2) is 7.60. The Morgan fingerprint density at radius 1 is 1.07 bits per heavy atom. The number of hydrogen-bond acceptors (Lipinski definition) is 4. The maximum absolute atomic E-state index is 12.5. The summed E-state index contributed by atoms with van der Waals surface area (Å²) in [6, 6.07) is 19.5. The number of amides is 1. The Balaban J connectivity index is 1.43. The molecule has 2 aromatic carbocycles. The summed E-state index contributed by atoms with van der Waals surface area (Å²) in [5.74, 6) is 0.757. The Morgan fingerprint density at radius 2 is 1.93 bits per heavy atom. The van der Waals surface area contributed by atoms with Crippen LogP contribution in [0.4, 0.5) is 0 Å². The second-order valence-corrected chi connectivity index (χ2v) is 7.12. The van der Waals surface area contributed by atoms with Crippen LogP contribution in [-0.4, -0.2) is 18.0 Å². The lowest BCUT2D eigenvalue weighted by atomic mass is 10.1. The van der Waals surface area contributed by atoms with E-state index in [-0.39, 0.29) is 5.91 Å². The van der Waals surface area contributed by atoms with E-state index in [1.165, 1.54) is 0 Å². The number of ether oxygens (including phenoxy) is 1. The van der Waals surface area contributed by atoms with Crippen LogP contribution in [0, 0.1) is 0 Å². The summed E-state index contributed by atoms with van der Waals surface area (Å²) in [7, 11) is 1.66. The molecule has 5 heteroatoms. The highest BCUT2D eigenvalue weighted by atomic mass is 32.1. The van der Waals surface area contributed by atoms with E-state index in [9.17, 15) is 4.79 Å². The Morgan fingerprint density at radius 3 is 2.74 bits per heavy atom. The molecule has 0 unspecified atom stereocenters. The van der Waals surface area contributed by atoms with Crippen LogP contribution in [-0.2, 0) is 6.54 Å². The first-order valence-electron chi connectivity index (χ1n) is 8.58. The minimum atomic E-state index is -0.0832. The number of carbonyl (C=O) groups excluding carboxylic acids is 1. The summed E-state index contributed by atoms with van der Waals surface area (Å²) in [6.07, 6.45) is 1.75. The Hall–Kier alpha value is -3.18. The smallest absolute Gasteiger partial charge is 0.251 e. The van der Waals surface area contributed by atoms with Crippen molar-refractivity contribution in [3.63, 3.8) is 0 Å². The molecule has 4 nitrogen and oxygen atoms in total. The molecular weight excluding hydrogens is 356 g/mol. The van der Waals surface area contributed by atoms with Crippen molar-refractivity contribution in [1.82, 2.24) is 10.3 Å². The van der Waals surface area contributed by atoms with Crippen LogP contribution < -0.4 is 10.1 Å². The van der Waals surface area contributed by atoms with E-state index in [4.69, 9.17) is 4.74 Å². The predicted octanol–water partition coefficient (Wildman–Crippen LogP) is 4.90. The van der Waals surface area contributed by atoms with Crippen molar-refractivity contribution in [1.29, 1.82) is 0 Å². The standard InChI is InChI=1S/C22H18N2O2S/c1-26-19-7-4-15(5-8-19)18-12-20(27-14-18)13-24-22(25)17-6-9-21-16(11-17)3-2-10-23-21/h2-12,14H,13H2,1H3,(H,24,25). The molecule has 4 aromatic rings. The van der Waals surface area contributed by atoms with E-state index in [1.807, 2.05) is 54.6 Å². The lowest BCUT2D eigenvalue weighted by Gasteiger charge is -2.05. The van der Waals surface area contributed by atoms with E-state index >= 15 is 0 Å². The summed E-state index contributed by atoms with van der Waals surface area (Å²) in [6.45, 7) is 0.505. The number of aromatic nitrogens is 1. The first-order valence-corrected chi connectivity index (χ1v) is 9.46. The number of fused-ring (bicyclic) bond motifs is 1. The number of rotatable bonds is 5. The molecular formula is C22H18N2O2S. The summed E-state index contributed by atoms with van der Waals surface area (Å²) < 4.78 is 5.20. The fraction of sp³-hybridized carbons (Fsp3) is 0.0909. The number of methoxy groups -OCH3 is 1. The molecule has 0 saturated heterocycles. The minimum absolute atomic E-state index is 0.0832. The van der Waals surface area contributed by atoms with Gasteiger partial charge in [0.2, 0.25) is 0 Å². The Bertz CT molecular complexity index is 1090. The Kier molecular flexibility index (Phi) is 4.85. The third kappa shape index (κ3) is 3.83. The molecule has 0 atom stereocenters. The monoisotopic (exact) mass is 374 g/mol. The Labute approximate surface area is 161 Å². The fourth-order valence-electron chi connectivity index (χ4n) is 2.89. The van der Waals surface area contributed by atoms with Crippen molar-refractivity contribution in [3.8, 4) is 16.9 Å². The van der Waals surface area contributed by atoms with Gasteiger partial charge in [-0.2, -0.15) is 0 Å². The normalized spacial score (nSPS) is 10.7. The van der Waals surface area contributed by atoms with Crippen molar-refractivity contribution < 1.29 is 9.53 Å². The number of thiophene rings is 1. The fourth-order valence-corrected chi connectivity index (χ4v) is 3.73. The lowest BCUT2D eigenvalue weighted by molar-refractivity contribution is 0.0951. The topological polar surface area (TPSA) is 51.2 Å². The van der Waals surface area contributed by atoms with Gasteiger partial charge >= 0.3 is 0 Å². The molecule has 0 fully saturated rings. The predicted molar refractivity (Wildman–Crippen MR) is 109 cm³/mol. The van der Waals surface area contributed by atoms with Gasteiger partial charge in [-0.3, -0.25) is 9.78 Å². The van der Waals surface area contributed by atoms with E-state index in [0.717, 1.165) is 32.7 Å². The minimum Gasteiger partial charge on any atom is -0.497 e. The maximum Gasteiger partial charge on any atom is 0.251 e. The van der Waals surface area contributed by atoms with Crippen LogP contribution in [0.1, 0.15) is 15.2 Å². The van der Waals surface area contributed by atoms with Crippen molar-refractivity contribution in [3.05, 3.63) is 82.7 Å². The van der Waals surface area contributed by atoms with Gasteiger partial charge in [-0.05, 0) is 59.0 Å². The average molecular weight is 374 g/mol. The molecule has 1 amide bonds. The maximum atomic E-state index is 12.5. The molecule has 4 rings (SSSR count). The number of carbonyl (C=O) groups is 1. The highest BCUT2D eigenvalue weighted by Crippen LogP contribution is 2.27. The molecule has 0 aliphatic heterocycles. The molecule has 2 heterocycles. The second-order valence-electron chi connectivity index (χ2n) is 6.12. The van der Waals surface area contributed by atoms with Gasteiger partial charge in [-0.1, -0.05) is 18.2 Å². The SMILES string of the molecule is COc1ccc(-c2csc(CNC(=O)c3ccc4ncccc4c3)c2)cc1. The van der Waals surface area contributed by atoms with Crippen molar-refractivity contribution >= 4 is 28.1 Å². The molecule has 0 saturated carbocycles. The average Bonchev–Trinajstić information content (AvgIpc) is 3.21. The van der Waals surface area contributed by atoms with Crippen molar-refractivity contribution in [2.75, 3.05) is 7.11 Å². The van der Waals surface area contributed by atoms with Crippen LogP contribution in [0.3, 0.4) is 0 Å². The largest absolute Gasteiger partial charge is 0.497 e. The highest BCUT2D eigenvalue weighted by Gasteiger charge is 2.08. The molecule has 134 valence electrons. The van der Waals surface area contributed by atoms with Gasteiger partial charge in [-0.15, -0.1) is 11.3 Å². The van der Waals surface area contributed by atoms with Crippen molar-refractivity contribution in [2.45, 2.75) is 6.54 Å². The number of benzene rings is 2. The van der Waals surface area contributed by atoms with Gasteiger partial charge in [0.05, 0.1) is 19.2 Å². The molecule has 0 aliphatic rings. The summed E-state index contributed by atoms with van der Waals surface area (Å²) in [5, 5.41) is 6.06. The zero-order chi connectivity index (χ0) is 18.6. The van der Waals surface area contributed by atoms with E-state index < -0.39 is 0 Å². The lowest BCUT2D eigenvalue weighted by Crippen LogP contribution is -2.22. The first kappa shape index (κ1) is 17.2. The van der Waals surface area contributed by atoms with Crippen LogP contribution in [0.15, 0.2) is 72.2 Å².